The summed E-state index contributed by atoms with van der Waals surface area (Å²) in [5, 5.41) is 11.2. The van der Waals surface area contributed by atoms with Crippen molar-refractivity contribution in [3.8, 4) is 11.8 Å². The number of nitrogens with zero attached hydrogens (tertiary/aromatic N) is 1. The number of amides is 1. The van der Waals surface area contributed by atoms with E-state index in [1.165, 1.54) is 12.1 Å². The lowest BCUT2D eigenvalue weighted by atomic mass is 10.2. The van der Waals surface area contributed by atoms with Gasteiger partial charge in [0.25, 0.3) is 5.91 Å². The van der Waals surface area contributed by atoms with Gasteiger partial charge in [0.05, 0.1) is 5.56 Å². The van der Waals surface area contributed by atoms with Crippen LogP contribution in [0.25, 0.3) is 0 Å². The third kappa shape index (κ3) is 4.42. The molecule has 0 fully saturated rings. The molecule has 0 aliphatic carbocycles. The number of unbranched alkanes of at least 4 members (excludes halogenated alkanes) is 1. The number of nitriles is 1. The number of halogens is 1. The summed E-state index contributed by atoms with van der Waals surface area (Å²) in [5.74, 6) is -0.660. The smallest absolute Gasteiger partial charge is 0.257 e. The van der Waals surface area contributed by atoms with Crippen LogP contribution in [0.3, 0.4) is 0 Å². The first-order valence-corrected chi connectivity index (χ1v) is 5.76. The number of hydrogen-bond donors (Lipinski definition) is 1. The predicted octanol–water partition coefficient (Wildman–Crippen LogP) is 1.99. The molecule has 1 N–H and O–H groups in total. The molecule has 0 bridgehead atoms. The summed E-state index contributed by atoms with van der Waals surface area (Å²) in [7, 11) is 0. The van der Waals surface area contributed by atoms with Crippen molar-refractivity contribution in [2.45, 2.75) is 19.8 Å². The molecular weight excluding hydrogens is 235 g/mol. The largest absolute Gasteiger partial charge is 0.484 e. The zero-order valence-corrected chi connectivity index (χ0v) is 10.2. The highest BCUT2D eigenvalue weighted by Crippen LogP contribution is 2.15. The maximum absolute atomic E-state index is 13.2. The standard InChI is InChI=1S/C13H15FN2O2/c1-2-3-6-16-13(17)9-18-11-5-4-10(8-15)12(14)7-11/h4-5,7H,2-3,6,9H2,1H3,(H,16,17). The Labute approximate surface area is 105 Å². The molecular formula is C13H15FN2O2. The van der Waals surface area contributed by atoms with Crippen LogP contribution in [0.2, 0.25) is 0 Å². The Hall–Kier alpha value is -2.09. The summed E-state index contributed by atoms with van der Waals surface area (Å²) in [5.41, 5.74) is -0.0465. The summed E-state index contributed by atoms with van der Waals surface area (Å²) < 4.78 is 18.3. The Bertz CT molecular complexity index is 455. The monoisotopic (exact) mass is 250 g/mol. The van der Waals surface area contributed by atoms with Crippen LogP contribution in [-0.2, 0) is 4.79 Å². The maximum Gasteiger partial charge on any atom is 0.257 e. The fraction of sp³-hybridized carbons (Fsp3) is 0.385. The Kier molecular flexibility index (Phi) is 5.65. The first kappa shape index (κ1) is 14.0. The Morgan fingerprint density at radius 3 is 2.94 bits per heavy atom. The van der Waals surface area contributed by atoms with Crippen LogP contribution in [0.4, 0.5) is 4.39 Å². The fourth-order valence-electron chi connectivity index (χ4n) is 1.28. The van der Waals surface area contributed by atoms with Crippen molar-refractivity contribution in [1.29, 1.82) is 5.26 Å². The molecule has 1 rings (SSSR count). The third-order valence-electron chi connectivity index (χ3n) is 2.28. The number of nitrogens with one attached hydrogen (secondary N) is 1. The third-order valence-corrected chi connectivity index (χ3v) is 2.28. The van der Waals surface area contributed by atoms with Gasteiger partial charge in [-0.1, -0.05) is 13.3 Å². The zero-order chi connectivity index (χ0) is 13.4. The van der Waals surface area contributed by atoms with Crippen molar-refractivity contribution < 1.29 is 13.9 Å². The van der Waals surface area contributed by atoms with Gasteiger partial charge < -0.3 is 10.1 Å². The van der Waals surface area contributed by atoms with Crippen LogP contribution >= 0.6 is 0 Å². The second-order valence-electron chi connectivity index (χ2n) is 3.75. The van der Waals surface area contributed by atoms with Crippen LogP contribution < -0.4 is 10.1 Å². The van der Waals surface area contributed by atoms with E-state index in [-0.39, 0.29) is 23.8 Å². The van der Waals surface area contributed by atoms with Crippen LogP contribution in [0.5, 0.6) is 5.75 Å². The molecule has 1 aromatic carbocycles. The average molecular weight is 250 g/mol. The minimum absolute atomic E-state index is 0.0465. The van der Waals surface area contributed by atoms with Gasteiger partial charge in [-0.3, -0.25) is 4.79 Å². The van der Waals surface area contributed by atoms with Gasteiger partial charge in [0.2, 0.25) is 0 Å². The molecule has 18 heavy (non-hydrogen) atoms. The maximum atomic E-state index is 13.2. The Morgan fingerprint density at radius 1 is 1.56 bits per heavy atom. The predicted molar refractivity (Wildman–Crippen MR) is 64.5 cm³/mol. The molecule has 0 aromatic heterocycles. The zero-order valence-electron chi connectivity index (χ0n) is 10.2. The molecule has 0 saturated carbocycles. The van der Waals surface area contributed by atoms with Crippen molar-refractivity contribution in [3.05, 3.63) is 29.6 Å². The molecule has 0 radical (unpaired) electrons. The van der Waals surface area contributed by atoms with E-state index in [0.717, 1.165) is 18.9 Å². The number of hydrogen-bond acceptors (Lipinski definition) is 3. The van der Waals surface area contributed by atoms with E-state index in [0.29, 0.717) is 6.54 Å². The lowest BCUT2D eigenvalue weighted by Crippen LogP contribution is -2.29. The lowest BCUT2D eigenvalue weighted by molar-refractivity contribution is -0.123. The molecule has 1 aromatic rings. The summed E-state index contributed by atoms with van der Waals surface area (Å²) >= 11 is 0. The highest BCUT2D eigenvalue weighted by molar-refractivity contribution is 5.77. The molecule has 0 aliphatic heterocycles. The van der Waals surface area contributed by atoms with Crippen LogP contribution in [0.15, 0.2) is 18.2 Å². The number of ether oxygens (including phenoxy) is 1. The summed E-state index contributed by atoms with van der Waals surface area (Å²) in [6.07, 6.45) is 1.92. The molecule has 5 heteroatoms. The Balaban J connectivity index is 2.42. The lowest BCUT2D eigenvalue weighted by Gasteiger charge is -2.07. The first-order chi connectivity index (χ1) is 8.67. The van der Waals surface area contributed by atoms with Crippen molar-refractivity contribution in [2.75, 3.05) is 13.2 Å². The molecule has 0 spiro atoms. The SMILES string of the molecule is CCCCNC(=O)COc1ccc(C#N)c(F)c1. The van der Waals surface area contributed by atoms with Gasteiger partial charge in [0.1, 0.15) is 17.6 Å². The topological polar surface area (TPSA) is 62.1 Å². The molecule has 4 nitrogen and oxygen atoms in total. The van der Waals surface area contributed by atoms with E-state index in [1.807, 2.05) is 6.92 Å². The van der Waals surface area contributed by atoms with Crippen molar-refractivity contribution in [3.63, 3.8) is 0 Å². The van der Waals surface area contributed by atoms with E-state index < -0.39 is 5.82 Å². The van der Waals surface area contributed by atoms with Crippen molar-refractivity contribution in [1.82, 2.24) is 5.32 Å². The second kappa shape index (κ2) is 7.28. The van der Waals surface area contributed by atoms with Crippen LogP contribution in [-0.4, -0.2) is 19.1 Å². The quantitative estimate of drug-likeness (QED) is 0.785. The highest BCUT2D eigenvalue weighted by atomic mass is 19.1. The van der Waals surface area contributed by atoms with E-state index in [9.17, 15) is 9.18 Å². The van der Waals surface area contributed by atoms with Crippen molar-refractivity contribution in [2.24, 2.45) is 0 Å². The van der Waals surface area contributed by atoms with Gasteiger partial charge >= 0.3 is 0 Å². The molecule has 0 unspecified atom stereocenters. The van der Waals surface area contributed by atoms with Gasteiger partial charge in [-0.2, -0.15) is 5.26 Å². The van der Waals surface area contributed by atoms with E-state index in [1.54, 1.807) is 6.07 Å². The summed E-state index contributed by atoms with van der Waals surface area (Å²) in [6.45, 7) is 2.48. The molecule has 0 atom stereocenters. The summed E-state index contributed by atoms with van der Waals surface area (Å²) in [6, 6.07) is 5.59. The number of rotatable bonds is 6. The fourth-order valence-corrected chi connectivity index (χ4v) is 1.28. The van der Waals surface area contributed by atoms with Crippen LogP contribution in [0.1, 0.15) is 25.3 Å². The normalized spacial score (nSPS) is 9.61. The van der Waals surface area contributed by atoms with Crippen LogP contribution in [0, 0.1) is 17.1 Å². The second-order valence-corrected chi connectivity index (χ2v) is 3.75. The number of benzene rings is 1. The molecule has 0 saturated heterocycles. The minimum atomic E-state index is -0.651. The van der Waals surface area contributed by atoms with Gasteiger partial charge in [-0.15, -0.1) is 0 Å². The van der Waals surface area contributed by atoms with Gasteiger partial charge in [-0.25, -0.2) is 4.39 Å². The van der Waals surface area contributed by atoms with Crippen molar-refractivity contribution >= 4 is 5.91 Å². The molecule has 0 aliphatic rings. The minimum Gasteiger partial charge on any atom is -0.484 e. The van der Waals surface area contributed by atoms with E-state index in [4.69, 9.17) is 10.00 Å². The van der Waals surface area contributed by atoms with E-state index in [2.05, 4.69) is 5.32 Å². The summed E-state index contributed by atoms with van der Waals surface area (Å²) in [4.78, 5) is 11.3. The molecule has 96 valence electrons. The number of carbonyl (C=O) groups is 1. The molecule has 1 amide bonds. The highest BCUT2D eigenvalue weighted by Gasteiger charge is 2.05. The average Bonchev–Trinajstić information content (AvgIpc) is 2.37. The molecule has 0 heterocycles. The van der Waals surface area contributed by atoms with Gasteiger partial charge in [-0.05, 0) is 18.6 Å². The first-order valence-electron chi connectivity index (χ1n) is 5.76. The van der Waals surface area contributed by atoms with E-state index >= 15 is 0 Å². The van der Waals surface area contributed by atoms with Gasteiger partial charge in [0, 0.05) is 12.6 Å². The number of carbonyl (C=O) groups excluding carboxylic acids is 1. The Morgan fingerprint density at radius 2 is 2.33 bits per heavy atom. The van der Waals surface area contributed by atoms with Gasteiger partial charge in [0.15, 0.2) is 6.61 Å².